The first kappa shape index (κ1) is 28.0. The number of pyridine rings is 1. The Hall–Kier alpha value is -3.00. The first-order chi connectivity index (χ1) is 18.3. The van der Waals surface area contributed by atoms with E-state index in [9.17, 15) is 14.0 Å². The van der Waals surface area contributed by atoms with Gasteiger partial charge in [-0.3, -0.25) is 19.5 Å². The third kappa shape index (κ3) is 7.31. The number of primary amides is 1. The number of para-hydroxylation sites is 1. The largest absolute Gasteiger partial charge is 0.369 e. The fourth-order valence-corrected chi connectivity index (χ4v) is 5.76. The third-order valence-corrected chi connectivity index (χ3v) is 7.86. The van der Waals surface area contributed by atoms with Crippen LogP contribution in [0.25, 0.3) is 0 Å². The zero-order chi connectivity index (χ0) is 27.1. The number of amides is 2. The molecule has 0 saturated carbocycles. The monoisotopic (exact) mass is 556 g/mol. The summed E-state index contributed by atoms with van der Waals surface area (Å²) in [5, 5.41) is 3.50. The molecule has 3 aromatic rings. The summed E-state index contributed by atoms with van der Waals surface area (Å²) in [4.78, 5) is 31.2. The van der Waals surface area contributed by atoms with E-state index in [2.05, 4.69) is 10.3 Å². The van der Waals surface area contributed by atoms with Crippen LogP contribution < -0.4 is 11.1 Å². The molecule has 0 bridgehead atoms. The van der Waals surface area contributed by atoms with Crippen molar-refractivity contribution in [3.8, 4) is 0 Å². The van der Waals surface area contributed by atoms with Gasteiger partial charge in [-0.2, -0.15) is 0 Å². The van der Waals surface area contributed by atoms with E-state index in [4.69, 9.17) is 28.9 Å². The van der Waals surface area contributed by atoms with Gasteiger partial charge in [-0.05, 0) is 73.2 Å². The van der Waals surface area contributed by atoms with Crippen molar-refractivity contribution in [3.05, 3.63) is 94.0 Å². The zero-order valence-corrected chi connectivity index (χ0v) is 22.5. The highest BCUT2D eigenvalue weighted by Crippen LogP contribution is 2.34. The fourth-order valence-electron chi connectivity index (χ4n) is 5.27. The summed E-state index contributed by atoms with van der Waals surface area (Å²) in [7, 11) is 0. The minimum atomic E-state index is -0.350. The second-order valence-corrected chi connectivity index (χ2v) is 10.6. The van der Waals surface area contributed by atoms with Crippen LogP contribution >= 0.6 is 23.2 Å². The van der Waals surface area contributed by atoms with E-state index >= 15 is 0 Å². The lowest BCUT2D eigenvalue weighted by Gasteiger charge is -2.37. The van der Waals surface area contributed by atoms with Crippen molar-refractivity contribution in [2.75, 3.05) is 25.0 Å². The molecular weight excluding hydrogens is 526 g/mol. The quantitative estimate of drug-likeness (QED) is 0.325. The first-order valence-electron chi connectivity index (χ1n) is 12.7. The summed E-state index contributed by atoms with van der Waals surface area (Å²) in [5.41, 5.74) is 8.28. The van der Waals surface area contributed by atoms with E-state index in [1.165, 1.54) is 12.1 Å². The average molecular weight is 557 g/mol. The van der Waals surface area contributed by atoms with Crippen molar-refractivity contribution < 1.29 is 14.0 Å². The molecule has 200 valence electrons. The standard InChI is InChI=1S/C29H31Cl2FN4O2/c30-25-7-2-8-26(31)28(25)35-27(37)18-36-15-13-19(24(17-36)29(33)38)4-1-6-23(21-5-3-14-34-16-21)20-9-11-22(32)12-10-20/h2-3,5,7-12,14,16,19,23-24H,1,4,6,13,15,17-18H2,(H2,33,38)(H,35,37). The second-order valence-electron chi connectivity index (χ2n) is 9.76. The molecule has 4 rings (SSSR count). The number of likely N-dealkylation sites (tertiary alicyclic amines) is 1. The average Bonchev–Trinajstić information content (AvgIpc) is 2.90. The molecule has 38 heavy (non-hydrogen) atoms. The maximum atomic E-state index is 13.5. The Morgan fingerprint density at radius 2 is 1.82 bits per heavy atom. The van der Waals surface area contributed by atoms with Gasteiger partial charge < -0.3 is 11.1 Å². The number of anilines is 1. The SMILES string of the molecule is NC(=O)C1CN(CC(=O)Nc2c(Cl)cccc2Cl)CCC1CCCC(c1ccc(F)cc1)c1cccnc1. The number of halogens is 3. The van der Waals surface area contributed by atoms with Crippen molar-refractivity contribution in [2.45, 2.75) is 31.6 Å². The van der Waals surface area contributed by atoms with E-state index in [-0.39, 0.29) is 41.9 Å². The Balaban J connectivity index is 1.35. The smallest absolute Gasteiger partial charge is 0.238 e. The number of nitrogens with one attached hydrogen (secondary N) is 1. The summed E-state index contributed by atoms with van der Waals surface area (Å²) in [6.07, 6.45) is 6.89. The van der Waals surface area contributed by atoms with Crippen LogP contribution in [0.4, 0.5) is 10.1 Å². The van der Waals surface area contributed by atoms with Gasteiger partial charge in [0.1, 0.15) is 5.82 Å². The van der Waals surface area contributed by atoms with E-state index in [0.717, 1.165) is 36.8 Å². The van der Waals surface area contributed by atoms with Crippen molar-refractivity contribution in [3.63, 3.8) is 0 Å². The minimum Gasteiger partial charge on any atom is -0.369 e. The maximum Gasteiger partial charge on any atom is 0.238 e. The Morgan fingerprint density at radius 1 is 1.08 bits per heavy atom. The summed E-state index contributed by atoms with van der Waals surface area (Å²) >= 11 is 12.3. The predicted octanol–water partition coefficient (Wildman–Crippen LogP) is 5.89. The summed E-state index contributed by atoms with van der Waals surface area (Å²) in [6, 6.07) is 15.6. The number of aromatic nitrogens is 1. The maximum absolute atomic E-state index is 13.5. The predicted molar refractivity (Wildman–Crippen MR) is 149 cm³/mol. The highest BCUT2D eigenvalue weighted by molar-refractivity contribution is 6.39. The summed E-state index contributed by atoms with van der Waals surface area (Å²) < 4.78 is 13.5. The number of hydrogen-bond donors (Lipinski definition) is 2. The fraction of sp³-hybridized carbons (Fsp3) is 0.345. The number of hydrogen-bond acceptors (Lipinski definition) is 4. The zero-order valence-electron chi connectivity index (χ0n) is 21.0. The Labute approximate surface area is 232 Å². The van der Waals surface area contributed by atoms with Crippen LogP contribution in [0.15, 0.2) is 67.0 Å². The van der Waals surface area contributed by atoms with Gasteiger partial charge in [0, 0.05) is 24.9 Å². The topological polar surface area (TPSA) is 88.3 Å². The first-order valence-corrected chi connectivity index (χ1v) is 13.5. The van der Waals surface area contributed by atoms with Crippen LogP contribution in [0.2, 0.25) is 10.0 Å². The molecule has 2 amide bonds. The number of carbonyl (C=O) groups is 2. The molecule has 3 unspecified atom stereocenters. The molecule has 0 radical (unpaired) electrons. The minimum absolute atomic E-state index is 0.0803. The molecule has 1 aromatic heterocycles. The number of piperidine rings is 1. The van der Waals surface area contributed by atoms with Crippen LogP contribution in [-0.2, 0) is 9.59 Å². The van der Waals surface area contributed by atoms with Gasteiger partial charge >= 0.3 is 0 Å². The number of nitrogens with zero attached hydrogens (tertiary/aromatic N) is 2. The molecule has 2 heterocycles. The van der Waals surface area contributed by atoms with E-state index in [0.29, 0.717) is 28.8 Å². The number of carbonyl (C=O) groups excluding carboxylic acids is 2. The Kier molecular flexibility index (Phi) is 9.72. The van der Waals surface area contributed by atoms with Gasteiger partial charge in [-0.1, -0.05) is 53.9 Å². The number of nitrogens with two attached hydrogens (primary N) is 1. The second kappa shape index (κ2) is 13.2. The lowest BCUT2D eigenvalue weighted by Crippen LogP contribution is -2.48. The van der Waals surface area contributed by atoms with E-state index in [1.807, 2.05) is 35.4 Å². The molecular formula is C29H31Cl2FN4O2. The molecule has 3 atom stereocenters. The molecule has 0 spiro atoms. The molecule has 3 N–H and O–H groups in total. The van der Waals surface area contributed by atoms with Crippen molar-refractivity contribution >= 4 is 40.7 Å². The molecule has 6 nitrogen and oxygen atoms in total. The molecule has 9 heteroatoms. The van der Waals surface area contributed by atoms with Crippen LogP contribution in [-0.4, -0.2) is 41.3 Å². The highest BCUT2D eigenvalue weighted by atomic mass is 35.5. The van der Waals surface area contributed by atoms with Gasteiger partial charge in [0.2, 0.25) is 11.8 Å². The van der Waals surface area contributed by atoms with Gasteiger partial charge in [0.25, 0.3) is 0 Å². The molecule has 1 fully saturated rings. The molecule has 2 aromatic carbocycles. The molecule has 1 aliphatic rings. The lowest BCUT2D eigenvalue weighted by molar-refractivity contribution is -0.127. The van der Waals surface area contributed by atoms with Crippen LogP contribution in [0.1, 0.15) is 42.7 Å². The van der Waals surface area contributed by atoms with E-state index < -0.39 is 0 Å². The molecule has 1 aliphatic heterocycles. The van der Waals surface area contributed by atoms with Crippen molar-refractivity contribution in [2.24, 2.45) is 17.6 Å². The number of rotatable bonds is 10. The number of benzene rings is 2. The normalized spacial score (nSPS) is 18.6. The van der Waals surface area contributed by atoms with Crippen molar-refractivity contribution in [1.82, 2.24) is 9.88 Å². The molecule has 1 saturated heterocycles. The van der Waals surface area contributed by atoms with Gasteiger partial charge in [0.05, 0.1) is 28.2 Å². The Morgan fingerprint density at radius 3 is 2.47 bits per heavy atom. The summed E-state index contributed by atoms with van der Waals surface area (Å²) in [5.74, 6) is -0.997. The van der Waals surface area contributed by atoms with E-state index in [1.54, 1.807) is 24.4 Å². The van der Waals surface area contributed by atoms with Gasteiger partial charge in [-0.15, -0.1) is 0 Å². The summed E-state index contributed by atoms with van der Waals surface area (Å²) in [6.45, 7) is 1.22. The van der Waals surface area contributed by atoms with Crippen LogP contribution in [0.5, 0.6) is 0 Å². The van der Waals surface area contributed by atoms with Gasteiger partial charge in [-0.25, -0.2) is 4.39 Å². The highest BCUT2D eigenvalue weighted by Gasteiger charge is 2.33. The third-order valence-electron chi connectivity index (χ3n) is 7.23. The van der Waals surface area contributed by atoms with Crippen LogP contribution in [0, 0.1) is 17.7 Å². The van der Waals surface area contributed by atoms with Crippen molar-refractivity contribution in [1.29, 1.82) is 0 Å². The Bertz CT molecular complexity index is 1220. The van der Waals surface area contributed by atoms with Crippen LogP contribution in [0.3, 0.4) is 0 Å². The lowest BCUT2D eigenvalue weighted by atomic mass is 9.79. The van der Waals surface area contributed by atoms with Gasteiger partial charge in [0.15, 0.2) is 0 Å². The molecule has 0 aliphatic carbocycles.